The highest BCUT2D eigenvalue weighted by molar-refractivity contribution is 5.47. The van der Waals surface area contributed by atoms with E-state index in [1.165, 1.54) is 30.6 Å². The minimum atomic E-state index is 0.676. The molecule has 0 bridgehead atoms. The number of hydrogen-bond acceptors (Lipinski definition) is 2. The summed E-state index contributed by atoms with van der Waals surface area (Å²) < 4.78 is 0. The molecule has 1 atom stereocenters. The summed E-state index contributed by atoms with van der Waals surface area (Å²) in [5.41, 5.74) is 2.66. The standard InChI is InChI=1S/C13H20N2/c1-11-5-3-7-13(9-11)15(2)10-12-6-4-8-14-12/h3,5,7,9,12,14H,4,6,8,10H2,1-2H3/t12-/m1/s1. The number of rotatable bonds is 3. The van der Waals surface area contributed by atoms with E-state index in [2.05, 4.69) is 48.5 Å². The molecular weight excluding hydrogens is 184 g/mol. The quantitative estimate of drug-likeness (QED) is 0.812. The summed E-state index contributed by atoms with van der Waals surface area (Å²) in [6.07, 6.45) is 2.64. The average Bonchev–Trinajstić information content (AvgIpc) is 2.70. The van der Waals surface area contributed by atoms with E-state index < -0.39 is 0 Å². The minimum Gasteiger partial charge on any atom is -0.373 e. The molecule has 0 amide bonds. The van der Waals surface area contributed by atoms with Gasteiger partial charge in [-0.2, -0.15) is 0 Å². The molecule has 1 aliphatic rings. The molecule has 1 aromatic rings. The van der Waals surface area contributed by atoms with Crippen molar-refractivity contribution in [3.63, 3.8) is 0 Å². The fourth-order valence-electron chi connectivity index (χ4n) is 2.21. The van der Waals surface area contributed by atoms with E-state index in [-0.39, 0.29) is 0 Å². The van der Waals surface area contributed by atoms with Crippen molar-refractivity contribution in [2.45, 2.75) is 25.8 Å². The van der Waals surface area contributed by atoms with E-state index in [4.69, 9.17) is 0 Å². The van der Waals surface area contributed by atoms with E-state index in [9.17, 15) is 0 Å². The molecule has 82 valence electrons. The Bertz CT molecular complexity index is 316. The molecular formula is C13H20N2. The van der Waals surface area contributed by atoms with Crippen LogP contribution in [0.4, 0.5) is 5.69 Å². The molecule has 1 saturated heterocycles. The van der Waals surface area contributed by atoms with Gasteiger partial charge in [0.1, 0.15) is 0 Å². The van der Waals surface area contributed by atoms with Gasteiger partial charge in [0.25, 0.3) is 0 Å². The molecule has 0 aromatic heterocycles. The summed E-state index contributed by atoms with van der Waals surface area (Å²) >= 11 is 0. The zero-order valence-electron chi connectivity index (χ0n) is 9.66. The van der Waals surface area contributed by atoms with Crippen LogP contribution < -0.4 is 10.2 Å². The van der Waals surface area contributed by atoms with Crippen molar-refractivity contribution in [1.82, 2.24) is 5.32 Å². The highest BCUT2D eigenvalue weighted by atomic mass is 15.1. The normalized spacial score (nSPS) is 20.5. The van der Waals surface area contributed by atoms with Crippen molar-refractivity contribution >= 4 is 5.69 Å². The summed E-state index contributed by atoms with van der Waals surface area (Å²) in [4.78, 5) is 2.34. The van der Waals surface area contributed by atoms with Crippen LogP contribution in [0.3, 0.4) is 0 Å². The fourth-order valence-corrected chi connectivity index (χ4v) is 2.21. The Hall–Kier alpha value is -1.02. The largest absolute Gasteiger partial charge is 0.373 e. The molecule has 1 heterocycles. The van der Waals surface area contributed by atoms with Crippen molar-refractivity contribution in [3.05, 3.63) is 29.8 Å². The van der Waals surface area contributed by atoms with Crippen LogP contribution in [-0.2, 0) is 0 Å². The second-order valence-electron chi connectivity index (χ2n) is 4.51. The van der Waals surface area contributed by atoms with Gasteiger partial charge in [0.05, 0.1) is 0 Å². The lowest BCUT2D eigenvalue weighted by Crippen LogP contribution is -2.35. The molecule has 0 unspecified atom stereocenters. The second-order valence-corrected chi connectivity index (χ2v) is 4.51. The lowest BCUT2D eigenvalue weighted by Gasteiger charge is -2.23. The van der Waals surface area contributed by atoms with Gasteiger partial charge < -0.3 is 10.2 Å². The Kier molecular flexibility index (Phi) is 3.27. The van der Waals surface area contributed by atoms with Gasteiger partial charge in [-0.25, -0.2) is 0 Å². The first-order valence-electron chi connectivity index (χ1n) is 5.77. The molecule has 0 aliphatic carbocycles. The highest BCUT2D eigenvalue weighted by Gasteiger charge is 2.15. The van der Waals surface area contributed by atoms with E-state index in [0.717, 1.165) is 6.54 Å². The lowest BCUT2D eigenvalue weighted by molar-refractivity contribution is 0.600. The van der Waals surface area contributed by atoms with Gasteiger partial charge in [0.15, 0.2) is 0 Å². The summed E-state index contributed by atoms with van der Waals surface area (Å²) in [7, 11) is 2.18. The Balaban J connectivity index is 1.97. The van der Waals surface area contributed by atoms with Crippen molar-refractivity contribution in [1.29, 1.82) is 0 Å². The maximum absolute atomic E-state index is 3.53. The number of likely N-dealkylation sites (N-methyl/N-ethyl adjacent to an activating group) is 1. The first-order chi connectivity index (χ1) is 7.25. The summed E-state index contributed by atoms with van der Waals surface area (Å²) in [5.74, 6) is 0. The average molecular weight is 204 g/mol. The molecule has 1 aromatic carbocycles. The molecule has 0 spiro atoms. The van der Waals surface area contributed by atoms with Crippen LogP contribution in [0.15, 0.2) is 24.3 Å². The monoisotopic (exact) mass is 204 g/mol. The van der Waals surface area contributed by atoms with Crippen LogP contribution in [0.5, 0.6) is 0 Å². The third-order valence-corrected chi connectivity index (χ3v) is 3.10. The minimum absolute atomic E-state index is 0.676. The summed E-state index contributed by atoms with van der Waals surface area (Å²) in [6, 6.07) is 9.38. The van der Waals surface area contributed by atoms with Crippen molar-refractivity contribution < 1.29 is 0 Å². The predicted molar refractivity (Wildman–Crippen MR) is 65.5 cm³/mol. The van der Waals surface area contributed by atoms with Crippen molar-refractivity contribution in [2.24, 2.45) is 0 Å². The zero-order valence-corrected chi connectivity index (χ0v) is 9.66. The van der Waals surface area contributed by atoms with Gasteiger partial charge in [0, 0.05) is 25.3 Å². The summed E-state index contributed by atoms with van der Waals surface area (Å²) in [6.45, 7) is 4.45. The molecule has 1 N–H and O–H groups in total. The topological polar surface area (TPSA) is 15.3 Å². The van der Waals surface area contributed by atoms with Crippen LogP contribution in [0.25, 0.3) is 0 Å². The Morgan fingerprint density at radius 3 is 3.00 bits per heavy atom. The van der Waals surface area contributed by atoms with Crippen molar-refractivity contribution in [2.75, 3.05) is 25.0 Å². The van der Waals surface area contributed by atoms with Gasteiger partial charge in [-0.05, 0) is 44.0 Å². The summed E-state index contributed by atoms with van der Waals surface area (Å²) in [5, 5.41) is 3.53. The number of nitrogens with zero attached hydrogens (tertiary/aromatic N) is 1. The van der Waals surface area contributed by atoms with E-state index >= 15 is 0 Å². The first-order valence-corrected chi connectivity index (χ1v) is 5.77. The number of aryl methyl sites for hydroxylation is 1. The SMILES string of the molecule is Cc1cccc(N(C)C[C@H]2CCCN2)c1. The third-order valence-electron chi connectivity index (χ3n) is 3.10. The maximum Gasteiger partial charge on any atom is 0.0366 e. The van der Waals surface area contributed by atoms with Crippen molar-refractivity contribution in [3.8, 4) is 0 Å². The molecule has 0 radical (unpaired) electrons. The predicted octanol–water partition coefficient (Wildman–Crippen LogP) is 2.18. The fraction of sp³-hybridized carbons (Fsp3) is 0.538. The van der Waals surface area contributed by atoms with Gasteiger partial charge in [-0.1, -0.05) is 12.1 Å². The smallest absolute Gasteiger partial charge is 0.0366 e. The van der Waals surface area contributed by atoms with Crippen LogP contribution >= 0.6 is 0 Å². The molecule has 2 rings (SSSR count). The highest BCUT2D eigenvalue weighted by Crippen LogP contribution is 2.16. The Morgan fingerprint density at radius 1 is 1.47 bits per heavy atom. The van der Waals surface area contributed by atoms with Gasteiger partial charge in [-0.15, -0.1) is 0 Å². The number of nitrogens with one attached hydrogen (secondary N) is 1. The second kappa shape index (κ2) is 4.67. The van der Waals surface area contributed by atoms with Gasteiger partial charge >= 0.3 is 0 Å². The van der Waals surface area contributed by atoms with Crippen LogP contribution in [0.1, 0.15) is 18.4 Å². The van der Waals surface area contributed by atoms with Gasteiger partial charge in [-0.3, -0.25) is 0 Å². The molecule has 15 heavy (non-hydrogen) atoms. The zero-order chi connectivity index (χ0) is 10.7. The molecule has 1 aliphatic heterocycles. The Morgan fingerprint density at radius 2 is 2.33 bits per heavy atom. The maximum atomic E-state index is 3.53. The number of benzene rings is 1. The van der Waals surface area contributed by atoms with Crippen LogP contribution in [0, 0.1) is 6.92 Å². The number of hydrogen-bond donors (Lipinski definition) is 1. The Labute approximate surface area is 92.3 Å². The van der Waals surface area contributed by atoms with Gasteiger partial charge in [0.2, 0.25) is 0 Å². The number of anilines is 1. The van der Waals surface area contributed by atoms with E-state index in [0.29, 0.717) is 6.04 Å². The van der Waals surface area contributed by atoms with E-state index in [1.54, 1.807) is 0 Å². The van der Waals surface area contributed by atoms with E-state index in [1.807, 2.05) is 0 Å². The van der Waals surface area contributed by atoms with Crippen LogP contribution in [-0.4, -0.2) is 26.2 Å². The van der Waals surface area contributed by atoms with Crippen LogP contribution in [0.2, 0.25) is 0 Å². The molecule has 2 heteroatoms. The lowest BCUT2D eigenvalue weighted by atomic mass is 10.2. The molecule has 1 fully saturated rings. The first kappa shape index (κ1) is 10.5. The third kappa shape index (κ3) is 2.72. The molecule has 0 saturated carbocycles. The molecule has 2 nitrogen and oxygen atoms in total.